The largest absolute Gasteiger partial charge is 0.417 e. The third-order valence-corrected chi connectivity index (χ3v) is 3.69. The monoisotopic (exact) mass is 352 g/mol. The molecule has 0 aliphatic rings. The molecule has 0 aliphatic carbocycles. The first-order valence-electron chi connectivity index (χ1n) is 6.68. The Morgan fingerprint density at radius 1 is 1.04 bits per heavy atom. The van der Waals surface area contributed by atoms with Crippen molar-refractivity contribution in [2.24, 2.45) is 0 Å². The molecule has 0 bridgehead atoms. The van der Waals surface area contributed by atoms with Gasteiger partial charge in [-0.05, 0) is 36.4 Å². The highest BCUT2D eigenvalue weighted by Gasteiger charge is 2.33. The molecule has 0 N–H and O–H groups in total. The first-order valence-corrected chi connectivity index (χ1v) is 7.06. The van der Waals surface area contributed by atoms with Gasteiger partial charge in [0.25, 0.3) is 5.69 Å². The zero-order valence-electron chi connectivity index (χ0n) is 11.8. The number of fused-ring (bicyclic) bond motifs is 1. The predicted molar refractivity (Wildman–Crippen MR) is 83.8 cm³/mol. The summed E-state index contributed by atoms with van der Waals surface area (Å²) in [6.45, 7) is 0. The van der Waals surface area contributed by atoms with Gasteiger partial charge in [0, 0.05) is 28.1 Å². The fourth-order valence-corrected chi connectivity index (χ4v) is 2.51. The van der Waals surface area contributed by atoms with Crippen molar-refractivity contribution >= 4 is 28.2 Å². The predicted octanol–water partition coefficient (Wildman–Crippen LogP) is 5.48. The van der Waals surface area contributed by atoms with Gasteiger partial charge in [-0.2, -0.15) is 13.2 Å². The van der Waals surface area contributed by atoms with Crippen molar-refractivity contribution in [1.29, 1.82) is 0 Å². The Balaban J connectivity index is 2.22. The number of hydrogen-bond donors (Lipinski definition) is 0. The maximum absolute atomic E-state index is 13.4. The zero-order valence-corrected chi connectivity index (χ0v) is 12.6. The van der Waals surface area contributed by atoms with E-state index in [-0.39, 0.29) is 27.3 Å². The van der Waals surface area contributed by atoms with E-state index in [1.165, 1.54) is 42.5 Å². The van der Waals surface area contributed by atoms with Crippen molar-refractivity contribution in [3.63, 3.8) is 0 Å². The Kier molecular flexibility index (Phi) is 3.88. The molecule has 1 aromatic heterocycles. The molecule has 2 aromatic carbocycles. The van der Waals surface area contributed by atoms with Crippen LogP contribution in [0.1, 0.15) is 5.56 Å². The number of pyridine rings is 1. The normalized spacial score (nSPS) is 11.7. The molecule has 0 amide bonds. The Hall–Kier alpha value is -2.67. The molecule has 0 aliphatic heterocycles. The molecule has 4 nitrogen and oxygen atoms in total. The van der Waals surface area contributed by atoms with Crippen LogP contribution in [0.2, 0.25) is 5.02 Å². The van der Waals surface area contributed by atoms with E-state index >= 15 is 0 Å². The van der Waals surface area contributed by atoms with Crippen LogP contribution in [0.25, 0.3) is 22.2 Å². The lowest BCUT2D eigenvalue weighted by molar-refractivity contribution is -0.384. The van der Waals surface area contributed by atoms with Gasteiger partial charge >= 0.3 is 6.18 Å². The second-order valence-electron chi connectivity index (χ2n) is 5.02. The number of halogens is 4. The Morgan fingerprint density at radius 2 is 1.71 bits per heavy atom. The maximum Gasteiger partial charge on any atom is 0.417 e. The van der Waals surface area contributed by atoms with Crippen LogP contribution in [0.5, 0.6) is 0 Å². The van der Waals surface area contributed by atoms with Crippen molar-refractivity contribution in [1.82, 2.24) is 4.98 Å². The van der Waals surface area contributed by atoms with Gasteiger partial charge in [0.05, 0.1) is 21.7 Å². The molecule has 0 atom stereocenters. The molecule has 0 spiro atoms. The van der Waals surface area contributed by atoms with E-state index in [0.717, 1.165) is 6.07 Å². The quantitative estimate of drug-likeness (QED) is 0.453. The first-order chi connectivity index (χ1) is 11.3. The van der Waals surface area contributed by atoms with Crippen LogP contribution < -0.4 is 0 Å². The Bertz CT molecular complexity index is 940. The van der Waals surface area contributed by atoms with Gasteiger partial charge < -0.3 is 0 Å². The zero-order chi connectivity index (χ0) is 17.5. The molecule has 1 heterocycles. The van der Waals surface area contributed by atoms with Crippen LogP contribution in [-0.2, 0) is 6.18 Å². The lowest BCUT2D eigenvalue weighted by Gasteiger charge is -2.13. The standard InChI is InChI=1S/C16H8ClF3N2O2/c17-10-3-6-14-12(7-10)13(16(18,19)20)8-15(21-14)9-1-4-11(5-2-9)22(23)24/h1-8H. The van der Waals surface area contributed by atoms with Gasteiger partial charge in [-0.15, -0.1) is 0 Å². The SMILES string of the molecule is O=[N+]([O-])c1ccc(-c2cc(C(F)(F)F)c3cc(Cl)ccc3n2)cc1. The summed E-state index contributed by atoms with van der Waals surface area (Å²) < 4.78 is 40.1. The summed E-state index contributed by atoms with van der Waals surface area (Å²) in [5, 5.41) is 10.8. The minimum Gasteiger partial charge on any atom is -0.258 e. The molecule has 0 unspecified atom stereocenters. The molecule has 0 radical (unpaired) electrons. The van der Waals surface area contributed by atoms with Gasteiger partial charge in [-0.25, -0.2) is 4.98 Å². The molecular weight excluding hydrogens is 345 g/mol. The van der Waals surface area contributed by atoms with E-state index in [4.69, 9.17) is 11.6 Å². The minimum atomic E-state index is -4.58. The van der Waals surface area contributed by atoms with Gasteiger partial charge in [0.2, 0.25) is 0 Å². The summed E-state index contributed by atoms with van der Waals surface area (Å²) in [5.41, 5.74) is -0.441. The molecule has 8 heteroatoms. The number of hydrogen-bond acceptors (Lipinski definition) is 3. The number of nitrogens with zero attached hydrogens (tertiary/aromatic N) is 2. The molecule has 24 heavy (non-hydrogen) atoms. The Labute approximate surface area is 138 Å². The van der Waals surface area contributed by atoms with E-state index in [9.17, 15) is 23.3 Å². The Morgan fingerprint density at radius 3 is 2.29 bits per heavy atom. The molecule has 0 saturated carbocycles. The average molecular weight is 353 g/mol. The third kappa shape index (κ3) is 3.03. The third-order valence-electron chi connectivity index (χ3n) is 3.45. The summed E-state index contributed by atoms with van der Waals surface area (Å²) in [4.78, 5) is 14.3. The molecular formula is C16H8ClF3N2O2. The van der Waals surface area contributed by atoms with Gasteiger partial charge in [-0.3, -0.25) is 10.1 Å². The highest BCUT2D eigenvalue weighted by Crippen LogP contribution is 2.37. The summed E-state index contributed by atoms with van der Waals surface area (Å²) in [7, 11) is 0. The van der Waals surface area contributed by atoms with Crippen LogP contribution in [-0.4, -0.2) is 9.91 Å². The fraction of sp³-hybridized carbons (Fsp3) is 0.0625. The van der Waals surface area contributed by atoms with E-state index in [2.05, 4.69) is 4.98 Å². The van der Waals surface area contributed by atoms with Crippen molar-refractivity contribution in [2.75, 3.05) is 0 Å². The van der Waals surface area contributed by atoms with Crippen molar-refractivity contribution < 1.29 is 18.1 Å². The van der Waals surface area contributed by atoms with Gasteiger partial charge in [-0.1, -0.05) is 11.6 Å². The van der Waals surface area contributed by atoms with Crippen LogP contribution in [0.15, 0.2) is 48.5 Å². The molecule has 0 fully saturated rings. The van der Waals surface area contributed by atoms with Crippen LogP contribution in [0.3, 0.4) is 0 Å². The smallest absolute Gasteiger partial charge is 0.258 e. The number of benzene rings is 2. The fourth-order valence-electron chi connectivity index (χ4n) is 2.33. The summed E-state index contributed by atoms with van der Waals surface area (Å²) in [6, 6.07) is 10.2. The first kappa shape index (κ1) is 16.2. The number of nitro benzene ring substituents is 1. The molecule has 3 aromatic rings. The number of rotatable bonds is 2. The highest BCUT2D eigenvalue weighted by atomic mass is 35.5. The molecule has 0 saturated heterocycles. The average Bonchev–Trinajstić information content (AvgIpc) is 2.53. The summed E-state index contributed by atoms with van der Waals surface area (Å²) in [6.07, 6.45) is -4.58. The second-order valence-corrected chi connectivity index (χ2v) is 5.45. The summed E-state index contributed by atoms with van der Waals surface area (Å²) in [5.74, 6) is 0. The van der Waals surface area contributed by atoms with E-state index < -0.39 is 16.7 Å². The number of non-ortho nitro benzene ring substituents is 1. The van der Waals surface area contributed by atoms with Crippen molar-refractivity contribution in [3.8, 4) is 11.3 Å². The van der Waals surface area contributed by atoms with Crippen LogP contribution in [0, 0.1) is 10.1 Å². The van der Waals surface area contributed by atoms with Crippen LogP contribution >= 0.6 is 11.6 Å². The van der Waals surface area contributed by atoms with E-state index in [1.807, 2.05) is 0 Å². The van der Waals surface area contributed by atoms with Gasteiger partial charge in [0.1, 0.15) is 0 Å². The van der Waals surface area contributed by atoms with E-state index in [0.29, 0.717) is 5.56 Å². The lowest BCUT2D eigenvalue weighted by atomic mass is 10.0. The second kappa shape index (κ2) is 5.76. The van der Waals surface area contributed by atoms with Crippen molar-refractivity contribution in [3.05, 3.63) is 69.2 Å². The van der Waals surface area contributed by atoms with Crippen LogP contribution in [0.4, 0.5) is 18.9 Å². The topological polar surface area (TPSA) is 56.0 Å². The van der Waals surface area contributed by atoms with Gasteiger partial charge in [0.15, 0.2) is 0 Å². The highest BCUT2D eigenvalue weighted by molar-refractivity contribution is 6.31. The molecule has 122 valence electrons. The number of aromatic nitrogens is 1. The number of nitro groups is 1. The maximum atomic E-state index is 13.4. The molecule has 3 rings (SSSR count). The van der Waals surface area contributed by atoms with Crippen molar-refractivity contribution in [2.45, 2.75) is 6.18 Å². The lowest BCUT2D eigenvalue weighted by Crippen LogP contribution is -2.07. The number of alkyl halides is 3. The minimum absolute atomic E-state index is 0.0760. The summed E-state index contributed by atoms with van der Waals surface area (Å²) >= 11 is 5.79. The van der Waals surface area contributed by atoms with E-state index in [1.54, 1.807) is 0 Å².